The predicted molar refractivity (Wildman–Crippen MR) is 136 cm³/mol. The van der Waals surface area contributed by atoms with E-state index in [1.54, 1.807) is 28.8 Å². The van der Waals surface area contributed by atoms with E-state index >= 15 is 0 Å². The first-order chi connectivity index (χ1) is 17.3. The molecule has 8 nitrogen and oxygen atoms in total. The van der Waals surface area contributed by atoms with Crippen LogP contribution in [0.15, 0.2) is 83.7 Å². The molecule has 0 saturated heterocycles. The maximum Gasteiger partial charge on any atom is 0.269 e. The predicted octanol–water partition coefficient (Wildman–Crippen LogP) is 4.83. The van der Waals surface area contributed by atoms with E-state index in [0.29, 0.717) is 23.3 Å². The highest BCUT2D eigenvalue weighted by molar-refractivity contribution is 5.84. The lowest BCUT2D eigenvalue weighted by Crippen LogP contribution is -2.51. The molecule has 0 bridgehead atoms. The zero-order valence-electron chi connectivity index (χ0n) is 20.1. The number of rotatable bonds is 6. The molecule has 0 fully saturated rings. The Hall–Kier alpha value is -4.33. The molecule has 3 aromatic carbocycles. The summed E-state index contributed by atoms with van der Waals surface area (Å²) in [6.45, 7) is 4.44. The summed E-state index contributed by atoms with van der Waals surface area (Å²) in [4.78, 5) is 45.2. The van der Waals surface area contributed by atoms with Crippen molar-refractivity contribution in [3.05, 3.63) is 116 Å². The van der Waals surface area contributed by atoms with Crippen LogP contribution in [0.25, 0.3) is 10.9 Å². The second-order valence-corrected chi connectivity index (χ2v) is 9.45. The Labute approximate surface area is 208 Å². The van der Waals surface area contributed by atoms with Crippen LogP contribution in [0, 0.1) is 16.0 Å². The van der Waals surface area contributed by atoms with Crippen molar-refractivity contribution in [1.82, 2.24) is 14.5 Å². The van der Waals surface area contributed by atoms with Crippen LogP contribution in [0.2, 0.25) is 0 Å². The molecule has 0 spiro atoms. The Morgan fingerprint density at radius 3 is 2.25 bits per heavy atom. The van der Waals surface area contributed by atoms with Gasteiger partial charge in [-0.15, -0.1) is 0 Å². The van der Waals surface area contributed by atoms with Gasteiger partial charge in [0.05, 0.1) is 21.9 Å². The van der Waals surface area contributed by atoms with Crippen molar-refractivity contribution in [2.45, 2.75) is 38.9 Å². The first-order valence-electron chi connectivity index (χ1n) is 11.9. The van der Waals surface area contributed by atoms with E-state index in [9.17, 15) is 19.7 Å². The van der Waals surface area contributed by atoms with Gasteiger partial charge < -0.3 is 4.90 Å². The van der Waals surface area contributed by atoms with Gasteiger partial charge in [0, 0.05) is 25.1 Å². The van der Waals surface area contributed by atoms with Crippen LogP contribution < -0.4 is 5.56 Å². The van der Waals surface area contributed by atoms with E-state index in [1.807, 2.05) is 61.2 Å². The van der Waals surface area contributed by atoms with Crippen LogP contribution in [-0.2, 0) is 17.8 Å². The van der Waals surface area contributed by atoms with Crippen molar-refractivity contribution >= 4 is 22.5 Å². The fourth-order valence-corrected chi connectivity index (χ4v) is 5.02. The van der Waals surface area contributed by atoms with Gasteiger partial charge in [-0.2, -0.15) is 0 Å². The summed E-state index contributed by atoms with van der Waals surface area (Å²) in [6.07, 6.45) is 0.222. The van der Waals surface area contributed by atoms with Gasteiger partial charge in [0.25, 0.3) is 11.2 Å². The molecular weight excluding hydrogens is 456 g/mol. The van der Waals surface area contributed by atoms with Gasteiger partial charge in [0.1, 0.15) is 11.9 Å². The number of benzene rings is 3. The molecule has 0 saturated carbocycles. The molecule has 1 aliphatic rings. The lowest BCUT2D eigenvalue weighted by molar-refractivity contribution is -0.384. The summed E-state index contributed by atoms with van der Waals surface area (Å²) < 4.78 is 1.55. The number of fused-ring (bicyclic) bond motifs is 2. The number of nitrogens with zero attached hydrogens (tertiary/aromatic N) is 4. The van der Waals surface area contributed by atoms with Crippen molar-refractivity contribution in [3.8, 4) is 0 Å². The quantitative estimate of drug-likeness (QED) is 0.290. The molecule has 8 heteroatoms. The molecule has 182 valence electrons. The van der Waals surface area contributed by atoms with Crippen LogP contribution in [0.1, 0.15) is 42.9 Å². The number of carbonyl (C=O) groups is 1. The van der Waals surface area contributed by atoms with Gasteiger partial charge in [-0.3, -0.25) is 24.3 Å². The van der Waals surface area contributed by atoms with Crippen LogP contribution in [0.5, 0.6) is 0 Å². The smallest absolute Gasteiger partial charge is 0.269 e. The number of hydrogen-bond donors (Lipinski definition) is 0. The Kier molecular flexibility index (Phi) is 6.10. The fourth-order valence-electron chi connectivity index (χ4n) is 5.02. The molecule has 0 N–H and O–H groups in total. The molecule has 2 heterocycles. The third kappa shape index (κ3) is 4.15. The second kappa shape index (κ2) is 9.37. The SMILES string of the molecule is CC(C)[C@H]1c2nc3ccccc3c(=O)n2[C@H](Cc2ccc([N+](=O)[O-])cc2)C(=O)N1Cc1ccccc1. The lowest BCUT2D eigenvalue weighted by atomic mass is 9.93. The Bertz CT molecular complexity index is 1500. The van der Waals surface area contributed by atoms with Gasteiger partial charge in [-0.25, -0.2) is 4.98 Å². The third-order valence-corrected chi connectivity index (χ3v) is 6.72. The number of nitro benzene ring substituents is 1. The number of amides is 1. The summed E-state index contributed by atoms with van der Waals surface area (Å²) in [5.41, 5.74) is 2.04. The van der Waals surface area contributed by atoms with Crippen LogP contribution in [-0.4, -0.2) is 25.3 Å². The van der Waals surface area contributed by atoms with Gasteiger partial charge in [-0.05, 0) is 29.2 Å². The Morgan fingerprint density at radius 2 is 1.58 bits per heavy atom. The maximum atomic E-state index is 14.1. The Balaban J connectivity index is 1.68. The van der Waals surface area contributed by atoms with Gasteiger partial charge in [0.15, 0.2) is 0 Å². The summed E-state index contributed by atoms with van der Waals surface area (Å²) in [7, 11) is 0. The molecule has 1 aromatic heterocycles. The van der Waals surface area contributed by atoms with E-state index in [4.69, 9.17) is 4.98 Å². The number of non-ortho nitro benzene ring substituents is 1. The molecule has 1 amide bonds. The van der Waals surface area contributed by atoms with Gasteiger partial charge >= 0.3 is 0 Å². The highest BCUT2D eigenvalue weighted by Gasteiger charge is 2.42. The molecule has 0 unspecified atom stereocenters. The van der Waals surface area contributed by atoms with Crippen molar-refractivity contribution in [1.29, 1.82) is 0 Å². The standard InChI is InChI=1S/C28H26N4O4/c1-18(2)25-26-29-23-11-7-6-10-22(23)27(33)31(26)24(16-19-12-14-21(15-13-19)32(35)36)28(34)30(25)17-20-8-4-3-5-9-20/h3-15,18,24-25H,16-17H2,1-2H3/t24-,25+/m1/s1. The van der Waals surface area contributed by atoms with Crippen LogP contribution >= 0.6 is 0 Å². The second-order valence-electron chi connectivity index (χ2n) is 9.45. The molecule has 36 heavy (non-hydrogen) atoms. The average Bonchev–Trinajstić information content (AvgIpc) is 2.87. The average molecular weight is 483 g/mol. The fraction of sp³-hybridized carbons (Fsp3) is 0.250. The minimum atomic E-state index is -0.815. The van der Waals surface area contributed by atoms with E-state index < -0.39 is 11.0 Å². The summed E-state index contributed by atoms with van der Waals surface area (Å²) in [6, 6.07) is 21.9. The topological polar surface area (TPSA) is 98.3 Å². The Morgan fingerprint density at radius 1 is 0.917 bits per heavy atom. The van der Waals surface area contributed by atoms with Crippen molar-refractivity contribution in [2.24, 2.45) is 5.92 Å². The number of para-hydroxylation sites is 1. The van der Waals surface area contributed by atoms with E-state index in [1.165, 1.54) is 12.1 Å². The molecule has 0 radical (unpaired) electrons. The zero-order chi connectivity index (χ0) is 25.4. The molecule has 5 rings (SSSR count). The number of hydrogen-bond acceptors (Lipinski definition) is 5. The highest BCUT2D eigenvalue weighted by Crippen LogP contribution is 2.37. The van der Waals surface area contributed by atoms with E-state index in [0.717, 1.165) is 11.1 Å². The minimum absolute atomic E-state index is 0.0114. The van der Waals surface area contributed by atoms with Crippen molar-refractivity contribution in [2.75, 3.05) is 0 Å². The van der Waals surface area contributed by atoms with Crippen LogP contribution in [0.3, 0.4) is 0 Å². The van der Waals surface area contributed by atoms with E-state index in [2.05, 4.69) is 0 Å². The van der Waals surface area contributed by atoms with Gasteiger partial charge in [0.2, 0.25) is 5.91 Å². The minimum Gasteiger partial charge on any atom is -0.326 e. The van der Waals surface area contributed by atoms with Crippen LogP contribution in [0.4, 0.5) is 5.69 Å². The van der Waals surface area contributed by atoms with Crippen molar-refractivity contribution < 1.29 is 9.72 Å². The lowest BCUT2D eigenvalue weighted by Gasteiger charge is -2.43. The van der Waals surface area contributed by atoms with Gasteiger partial charge in [-0.1, -0.05) is 68.4 Å². The summed E-state index contributed by atoms with van der Waals surface area (Å²) in [5.74, 6) is 0.413. The molecule has 2 atom stereocenters. The molecule has 0 aliphatic carbocycles. The van der Waals surface area contributed by atoms with Crippen molar-refractivity contribution in [3.63, 3.8) is 0 Å². The highest BCUT2D eigenvalue weighted by atomic mass is 16.6. The summed E-state index contributed by atoms with van der Waals surface area (Å²) >= 11 is 0. The summed E-state index contributed by atoms with van der Waals surface area (Å²) in [5, 5.41) is 11.6. The molecule has 1 aliphatic heterocycles. The monoisotopic (exact) mass is 482 g/mol. The number of nitro groups is 1. The zero-order valence-corrected chi connectivity index (χ0v) is 20.1. The maximum absolute atomic E-state index is 14.1. The first kappa shape index (κ1) is 23.4. The largest absolute Gasteiger partial charge is 0.326 e. The molecule has 4 aromatic rings. The third-order valence-electron chi connectivity index (χ3n) is 6.72. The molecular formula is C28H26N4O4. The normalized spacial score (nSPS) is 17.4. The van der Waals surface area contributed by atoms with E-state index in [-0.39, 0.29) is 35.5 Å². The number of aromatic nitrogens is 2. The first-order valence-corrected chi connectivity index (χ1v) is 11.9. The number of carbonyl (C=O) groups excluding carboxylic acids is 1.